The zero-order chi connectivity index (χ0) is 18.4. The smallest absolute Gasteiger partial charge is 0.238 e. The van der Waals surface area contributed by atoms with Crippen LogP contribution in [-0.4, -0.2) is 54.4 Å². The number of carbonyl (C=O) groups excluding carboxylic acids is 1. The molecular weight excluding hydrogens is 332 g/mol. The van der Waals surface area contributed by atoms with Gasteiger partial charge in [0.25, 0.3) is 0 Å². The van der Waals surface area contributed by atoms with Crippen molar-refractivity contribution in [3.05, 3.63) is 36.7 Å². The highest BCUT2D eigenvalue weighted by molar-refractivity contribution is 5.92. The SMILES string of the molecule is COc1ccc(NC(=O)CN2CCC(Cn3cccn3)CC2)cc1OC. The number of anilines is 1. The molecule has 1 fully saturated rings. The van der Waals surface area contributed by atoms with Crippen molar-refractivity contribution in [3.63, 3.8) is 0 Å². The molecule has 0 saturated carbocycles. The lowest BCUT2D eigenvalue weighted by molar-refractivity contribution is -0.117. The van der Waals surface area contributed by atoms with E-state index in [2.05, 4.69) is 15.3 Å². The Kier molecular flexibility index (Phi) is 6.12. The van der Waals surface area contributed by atoms with Gasteiger partial charge in [-0.1, -0.05) is 0 Å². The summed E-state index contributed by atoms with van der Waals surface area (Å²) < 4.78 is 12.5. The average molecular weight is 358 g/mol. The van der Waals surface area contributed by atoms with Crippen molar-refractivity contribution in [2.24, 2.45) is 5.92 Å². The first-order valence-electron chi connectivity index (χ1n) is 8.89. The van der Waals surface area contributed by atoms with E-state index in [0.29, 0.717) is 29.6 Å². The molecule has 0 atom stereocenters. The van der Waals surface area contributed by atoms with Gasteiger partial charge in [-0.3, -0.25) is 14.4 Å². The van der Waals surface area contributed by atoms with Gasteiger partial charge in [0.05, 0.1) is 20.8 Å². The summed E-state index contributed by atoms with van der Waals surface area (Å²) in [7, 11) is 3.17. The summed E-state index contributed by atoms with van der Waals surface area (Å²) in [5.74, 6) is 1.86. The first-order chi connectivity index (χ1) is 12.7. The fraction of sp³-hybridized carbons (Fsp3) is 0.474. The molecule has 0 spiro atoms. The van der Waals surface area contributed by atoms with Crippen LogP contribution in [0.2, 0.25) is 0 Å². The molecule has 7 nitrogen and oxygen atoms in total. The van der Waals surface area contributed by atoms with Crippen molar-refractivity contribution in [1.29, 1.82) is 0 Å². The van der Waals surface area contributed by atoms with Gasteiger partial charge in [0.15, 0.2) is 11.5 Å². The molecule has 2 heterocycles. The van der Waals surface area contributed by atoms with Crippen LogP contribution in [0.3, 0.4) is 0 Å². The van der Waals surface area contributed by atoms with E-state index in [1.807, 2.05) is 29.2 Å². The number of aromatic nitrogens is 2. The van der Waals surface area contributed by atoms with Crippen LogP contribution in [0.15, 0.2) is 36.7 Å². The van der Waals surface area contributed by atoms with E-state index in [4.69, 9.17) is 9.47 Å². The van der Waals surface area contributed by atoms with Gasteiger partial charge in [0.2, 0.25) is 5.91 Å². The van der Waals surface area contributed by atoms with Gasteiger partial charge in [-0.05, 0) is 50.0 Å². The Morgan fingerprint density at radius 3 is 2.65 bits per heavy atom. The second-order valence-electron chi connectivity index (χ2n) is 6.57. The number of piperidine rings is 1. The van der Waals surface area contributed by atoms with Crippen LogP contribution >= 0.6 is 0 Å². The number of hydrogen-bond donors (Lipinski definition) is 1. The van der Waals surface area contributed by atoms with Crippen molar-refractivity contribution >= 4 is 11.6 Å². The Labute approximate surface area is 153 Å². The maximum absolute atomic E-state index is 12.3. The number of rotatable bonds is 7. The lowest BCUT2D eigenvalue weighted by Gasteiger charge is -2.31. The monoisotopic (exact) mass is 358 g/mol. The second-order valence-corrected chi connectivity index (χ2v) is 6.57. The Hall–Kier alpha value is -2.54. The lowest BCUT2D eigenvalue weighted by atomic mass is 9.97. The Bertz CT molecular complexity index is 710. The molecule has 2 aromatic rings. The number of likely N-dealkylation sites (tertiary alicyclic amines) is 1. The van der Waals surface area contributed by atoms with Gasteiger partial charge in [0.1, 0.15) is 0 Å². The maximum Gasteiger partial charge on any atom is 0.238 e. The minimum atomic E-state index is -0.0113. The van der Waals surface area contributed by atoms with Crippen LogP contribution in [-0.2, 0) is 11.3 Å². The van der Waals surface area contributed by atoms with E-state index in [-0.39, 0.29) is 5.91 Å². The highest BCUT2D eigenvalue weighted by Gasteiger charge is 2.21. The van der Waals surface area contributed by atoms with Gasteiger partial charge in [-0.15, -0.1) is 0 Å². The summed E-state index contributed by atoms with van der Waals surface area (Å²) in [6.45, 7) is 3.23. The zero-order valence-corrected chi connectivity index (χ0v) is 15.4. The van der Waals surface area contributed by atoms with Gasteiger partial charge < -0.3 is 14.8 Å². The lowest BCUT2D eigenvalue weighted by Crippen LogP contribution is -2.40. The van der Waals surface area contributed by atoms with Crippen LogP contribution in [0.4, 0.5) is 5.69 Å². The molecule has 1 saturated heterocycles. The van der Waals surface area contributed by atoms with Gasteiger partial charge in [-0.2, -0.15) is 5.10 Å². The fourth-order valence-corrected chi connectivity index (χ4v) is 3.32. The van der Waals surface area contributed by atoms with E-state index in [0.717, 1.165) is 32.5 Å². The third kappa shape index (κ3) is 4.76. The van der Waals surface area contributed by atoms with Crippen LogP contribution in [0, 0.1) is 5.92 Å². The molecule has 1 aliphatic rings. The number of benzene rings is 1. The van der Waals surface area contributed by atoms with Crippen molar-refractivity contribution in [1.82, 2.24) is 14.7 Å². The van der Waals surface area contributed by atoms with Crippen molar-refractivity contribution in [3.8, 4) is 11.5 Å². The third-order valence-corrected chi connectivity index (χ3v) is 4.75. The first kappa shape index (κ1) is 18.3. The van der Waals surface area contributed by atoms with Crippen LogP contribution < -0.4 is 14.8 Å². The minimum absolute atomic E-state index is 0.0113. The number of nitrogens with zero attached hydrogens (tertiary/aromatic N) is 3. The minimum Gasteiger partial charge on any atom is -0.493 e. The molecule has 7 heteroatoms. The van der Waals surface area contributed by atoms with E-state index in [1.54, 1.807) is 26.4 Å². The van der Waals surface area contributed by atoms with Gasteiger partial charge in [-0.25, -0.2) is 0 Å². The quantitative estimate of drug-likeness (QED) is 0.822. The third-order valence-electron chi connectivity index (χ3n) is 4.75. The standard InChI is InChI=1S/C19H26N4O3/c1-25-17-5-4-16(12-18(17)26-2)21-19(24)14-22-10-6-15(7-11-22)13-23-9-3-8-20-23/h3-5,8-9,12,15H,6-7,10-11,13-14H2,1-2H3,(H,21,24). The van der Waals surface area contributed by atoms with Crippen molar-refractivity contribution in [2.75, 3.05) is 39.2 Å². The van der Waals surface area contributed by atoms with Gasteiger partial charge in [0, 0.05) is 30.7 Å². The molecule has 3 rings (SSSR count). The summed E-state index contributed by atoms with van der Waals surface area (Å²) in [5.41, 5.74) is 0.709. The molecule has 0 radical (unpaired) electrons. The molecule has 26 heavy (non-hydrogen) atoms. The molecule has 140 valence electrons. The van der Waals surface area contributed by atoms with Crippen LogP contribution in [0.25, 0.3) is 0 Å². The van der Waals surface area contributed by atoms with Gasteiger partial charge >= 0.3 is 0 Å². The summed E-state index contributed by atoms with van der Waals surface area (Å²) in [6.07, 6.45) is 5.99. The number of hydrogen-bond acceptors (Lipinski definition) is 5. The van der Waals surface area contributed by atoms with E-state index in [1.165, 1.54) is 0 Å². The molecule has 0 unspecified atom stereocenters. The molecule has 1 amide bonds. The molecule has 1 aliphatic heterocycles. The fourth-order valence-electron chi connectivity index (χ4n) is 3.32. The summed E-state index contributed by atoms with van der Waals surface area (Å²) in [6, 6.07) is 7.32. The molecule has 1 aromatic carbocycles. The van der Waals surface area contributed by atoms with E-state index < -0.39 is 0 Å². The highest BCUT2D eigenvalue weighted by atomic mass is 16.5. The molecule has 1 N–H and O–H groups in total. The zero-order valence-electron chi connectivity index (χ0n) is 15.4. The predicted octanol–water partition coefficient (Wildman–Crippen LogP) is 2.25. The normalized spacial score (nSPS) is 15.6. The topological polar surface area (TPSA) is 68.6 Å². The largest absolute Gasteiger partial charge is 0.493 e. The second kappa shape index (κ2) is 8.71. The highest BCUT2D eigenvalue weighted by Crippen LogP contribution is 2.29. The maximum atomic E-state index is 12.3. The molecule has 0 aliphatic carbocycles. The van der Waals surface area contributed by atoms with Crippen LogP contribution in [0.5, 0.6) is 11.5 Å². The molecule has 1 aromatic heterocycles. The average Bonchev–Trinajstić information content (AvgIpc) is 3.16. The van der Waals surface area contributed by atoms with E-state index >= 15 is 0 Å². The molecular formula is C19H26N4O3. The Morgan fingerprint density at radius 2 is 2.00 bits per heavy atom. The van der Waals surface area contributed by atoms with Crippen LogP contribution in [0.1, 0.15) is 12.8 Å². The summed E-state index contributed by atoms with van der Waals surface area (Å²) in [5, 5.41) is 7.20. The van der Waals surface area contributed by atoms with Crippen molar-refractivity contribution < 1.29 is 14.3 Å². The number of methoxy groups -OCH3 is 2. The predicted molar refractivity (Wildman–Crippen MR) is 99.6 cm³/mol. The molecule has 0 bridgehead atoms. The number of amides is 1. The first-order valence-corrected chi connectivity index (χ1v) is 8.89. The number of nitrogens with one attached hydrogen (secondary N) is 1. The van der Waals surface area contributed by atoms with E-state index in [9.17, 15) is 4.79 Å². The number of ether oxygens (including phenoxy) is 2. The number of carbonyl (C=O) groups is 1. The summed E-state index contributed by atoms with van der Waals surface area (Å²) >= 11 is 0. The summed E-state index contributed by atoms with van der Waals surface area (Å²) in [4.78, 5) is 14.5. The Morgan fingerprint density at radius 1 is 1.23 bits per heavy atom. The Balaban J connectivity index is 1.45. The van der Waals surface area contributed by atoms with Crippen molar-refractivity contribution in [2.45, 2.75) is 19.4 Å².